The standard InChI is InChI=1S/C20H22N6O/c1-2-5-17(6-3-1)7-4-10-25-11-13-26(14-12-25)16-19-23-20(24-27-19)18-15-21-8-9-22-18/h1-9,15H,10-14,16H2. The summed E-state index contributed by atoms with van der Waals surface area (Å²) < 4.78 is 5.37. The molecule has 3 heterocycles. The smallest absolute Gasteiger partial charge is 0.241 e. The maximum absolute atomic E-state index is 5.37. The molecular formula is C20H22N6O. The average molecular weight is 362 g/mol. The van der Waals surface area contributed by atoms with Crippen LogP contribution in [0.3, 0.4) is 0 Å². The third kappa shape index (κ3) is 4.84. The highest BCUT2D eigenvalue weighted by molar-refractivity contribution is 5.48. The molecule has 0 N–H and O–H groups in total. The van der Waals surface area contributed by atoms with Gasteiger partial charge in [0.2, 0.25) is 11.7 Å². The first-order chi connectivity index (χ1) is 13.4. The minimum atomic E-state index is 0.489. The molecule has 4 rings (SSSR count). The molecule has 27 heavy (non-hydrogen) atoms. The van der Waals surface area contributed by atoms with E-state index in [1.54, 1.807) is 18.6 Å². The number of hydrogen-bond donors (Lipinski definition) is 0. The summed E-state index contributed by atoms with van der Waals surface area (Å²) in [6.07, 6.45) is 9.29. The molecule has 0 saturated carbocycles. The highest BCUT2D eigenvalue weighted by atomic mass is 16.5. The maximum atomic E-state index is 5.37. The van der Waals surface area contributed by atoms with E-state index in [0.717, 1.165) is 32.7 Å². The monoisotopic (exact) mass is 362 g/mol. The van der Waals surface area contributed by atoms with Gasteiger partial charge in [0, 0.05) is 45.1 Å². The molecule has 1 saturated heterocycles. The highest BCUT2D eigenvalue weighted by Crippen LogP contribution is 2.13. The SMILES string of the molecule is C(=Cc1ccccc1)CN1CCN(Cc2nc(-c3cnccn3)no2)CC1. The molecule has 1 aliphatic rings. The van der Waals surface area contributed by atoms with Crippen molar-refractivity contribution in [1.82, 2.24) is 29.9 Å². The molecule has 0 amide bonds. The van der Waals surface area contributed by atoms with Gasteiger partial charge in [-0.2, -0.15) is 4.98 Å². The van der Waals surface area contributed by atoms with Crippen molar-refractivity contribution in [3.8, 4) is 11.5 Å². The fraction of sp³-hybridized carbons (Fsp3) is 0.300. The van der Waals surface area contributed by atoms with Gasteiger partial charge in [-0.25, -0.2) is 4.98 Å². The van der Waals surface area contributed by atoms with E-state index in [2.05, 4.69) is 66.3 Å². The van der Waals surface area contributed by atoms with Gasteiger partial charge in [0.05, 0.1) is 12.7 Å². The molecule has 0 aliphatic carbocycles. The van der Waals surface area contributed by atoms with Gasteiger partial charge in [0.25, 0.3) is 0 Å². The van der Waals surface area contributed by atoms with Gasteiger partial charge in [-0.1, -0.05) is 47.6 Å². The number of piperazine rings is 1. The lowest BCUT2D eigenvalue weighted by molar-refractivity contribution is 0.125. The van der Waals surface area contributed by atoms with Crippen LogP contribution in [0.2, 0.25) is 0 Å². The van der Waals surface area contributed by atoms with E-state index in [1.165, 1.54) is 5.56 Å². The average Bonchev–Trinajstić information content (AvgIpc) is 3.19. The molecule has 0 spiro atoms. The van der Waals surface area contributed by atoms with Crippen molar-refractivity contribution < 1.29 is 4.52 Å². The lowest BCUT2D eigenvalue weighted by Gasteiger charge is -2.33. The lowest BCUT2D eigenvalue weighted by atomic mass is 10.2. The van der Waals surface area contributed by atoms with Gasteiger partial charge < -0.3 is 4.52 Å². The summed E-state index contributed by atoms with van der Waals surface area (Å²) in [6, 6.07) is 10.4. The quantitative estimate of drug-likeness (QED) is 0.666. The summed E-state index contributed by atoms with van der Waals surface area (Å²) in [7, 11) is 0. The Kier molecular flexibility index (Phi) is 5.61. The largest absolute Gasteiger partial charge is 0.337 e. The van der Waals surface area contributed by atoms with Crippen molar-refractivity contribution in [2.45, 2.75) is 6.54 Å². The Labute approximate surface area is 158 Å². The Morgan fingerprint density at radius 2 is 1.81 bits per heavy atom. The Morgan fingerprint density at radius 1 is 1.00 bits per heavy atom. The van der Waals surface area contributed by atoms with Gasteiger partial charge >= 0.3 is 0 Å². The van der Waals surface area contributed by atoms with Crippen LogP contribution in [-0.2, 0) is 6.54 Å². The fourth-order valence-electron chi connectivity index (χ4n) is 3.06. The molecule has 1 fully saturated rings. The summed E-state index contributed by atoms with van der Waals surface area (Å²) in [6.45, 7) is 5.68. The predicted molar refractivity (Wildman–Crippen MR) is 103 cm³/mol. The molecule has 3 aromatic rings. The Morgan fingerprint density at radius 3 is 2.59 bits per heavy atom. The fourth-order valence-corrected chi connectivity index (χ4v) is 3.06. The van der Waals surface area contributed by atoms with E-state index in [1.807, 2.05) is 6.07 Å². The first-order valence-corrected chi connectivity index (χ1v) is 9.12. The zero-order valence-corrected chi connectivity index (χ0v) is 15.1. The van der Waals surface area contributed by atoms with Crippen LogP contribution in [0.1, 0.15) is 11.5 Å². The second-order valence-electron chi connectivity index (χ2n) is 6.49. The highest BCUT2D eigenvalue weighted by Gasteiger charge is 2.19. The molecule has 1 aromatic carbocycles. The summed E-state index contributed by atoms with van der Waals surface area (Å²) in [5.41, 5.74) is 1.87. The van der Waals surface area contributed by atoms with Crippen molar-refractivity contribution in [2.24, 2.45) is 0 Å². The van der Waals surface area contributed by atoms with Gasteiger partial charge in [-0.15, -0.1) is 0 Å². The summed E-state index contributed by atoms with van der Waals surface area (Å²) in [4.78, 5) is 17.4. The molecule has 0 unspecified atom stereocenters. The second kappa shape index (κ2) is 8.66. The van der Waals surface area contributed by atoms with Crippen molar-refractivity contribution in [3.05, 3.63) is 66.5 Å². The molecular weight excluding hydrogens is 340 g/mol. The topological polar surface area (TPSA) is 71.2 Å². The predicted octanol–water partition coefficient (Wildman–Crippen LogP) is 2.36. The van der Waals surface area contributed by atoms with Crippen LogP contribution in [0.4, 0.5) is 0 Å². The van der Waals surface area contributed by atoms with E-state index in [4.69, 9.17) is 4.52 Å². The van der Waals surface area contributed by atoms with Gasteiger partial charge in [0.15, 0.2) is 0 Å². The van der Waals surface area contributed by atoms with Crippen LogP contribution < -0.4 is 0 Å². The van der Waals surface area contributed by atoms with Gasteiger partial charge in [-0.3, -0.25) is 14.8 Å². The third-order valence-electron chi connectivity index (χ3n) is 4.56. The number of benzene rings is 1. The minimum absolute atomic E-state index is 0.489. The summed E-state index contributed by atoms with van der Waals surface area (Å²) >= 11 is 0. The number of hydrogen-bond acceptors (Lipinski definition) is 7. The first kappa shape index (κ1) is 17.5. The third-order valence-corrected chi connectivity index (χ3v) is 4.56. The minimum Gasteiger partial charge on any atom is -0.337 e. The number of aromatic nitrogens is 4. The molecule has 2 aromatic heterocycles. The van der Waals surface area contributed by atoms with Crippen LogP contribution in [0, 0.1) is 0 Å². The zero-order chi connectivity index (χ0) is 18.3. The molecule has 7 nitrogen and oxygen atoms in total. The molecule has 7 heteroatoms. The molecule has 138 valence electrons. The van der Waals surface area contributed by atoms with E-state index < -0.39 is 0 Å². The van der Waals surface area contributed by atoms with E-state index in [0.29, 0.717) is 24.0 Å². The van der Waals surface area contributed by atoms with E-state index >= 15 is 0 Å². The normalized spacial score (nSPS) is 16.1. The van der Waals surface area contributed by atoms with Crippen LogP contribution in [0.15, 0.2) is 59.5 Å². The Hall–Kier alpha value is -2.90. The van der Waals surface area contributed by atoms with Crippen LogP contribution in [-0.4, -0.2) is 62.6 Å². The van der Waals surface area contributed by atoms with Crippen LogP contribution >= 0.6 is 0 Å². The van der Waals surface area contributed by atoms with Crippen LogP contribution in [0.5, 0.6) is 0 Å². The Bertz CT molecular complexity index is 856. The lowest BCUT2D eigenvalue weighted by Crippen LogP contribution is -2.45. The van der Waals surface area contributed by atoms with Gasteiger partial charge in [0.1, 0.15) is 5.69 Å². The first-order valence-electron chi connectivity index (χ1n) is 9.12. The molecule has 0 radical (unpaired) electrons. The second-order valence-corrected chi connectivity index (χ2v) is 6.49. The number of rotatable bonds is 6. The van der Waals surface area contributed by atoms with Crippen molar-refractivity contribution in [3.63, 3.8) is 0 Å². The molecule has 0 atom stereocenters. The molecule has 0 bridgehead atoms. The maximum Gasteiger partial charge on any atom is 0.241 e. The van der Waals surface area contributed by atoms with Gasteiger partial charge in [-0.05, 0) is 5.56 Å². The van der Waals surface area contributed by atoms with E-state index in [-0.39, 0.29) is 0 Å². The summed E-state index contributed by atoms with van der Waals surface area (Å²) in [5, 5.41) is 4.00. The van der Waals surface area contributed by atoms with Crippen molar-refractivity contribution >= 4 is 6.08 Å². The van der Waals surface area contributed by atoms with E-state index in [9.17, 15) is 0 Å². The zero-order valence-electron chi connectivity index (χ0n) is 15.1. The summed E-state index contributed by atoms with van der Waals surface area (Å²) in [5.74, 6) is 1.11. The van der Waals surface area contributed by atoms with Crippen LogP contribution in [0.25, 0.3) is 17.6 Å². The Balaban J connectivity index is 1.24. The van der Waals surface area contributed by atoms with Crippen molar-refractivity contribution in [2.75, 3.05) is 32.7 Å². The molecule has 1 aliphatic heterocycles. The van der Waals surface area contributed by atoms with Crippen molar-refractivity contribution in [1.29, 1.82) is 0 Å². The number of nitrogens with zero attached hydrogens (tertiary/aromatic N) is 6.